The summed E-state index contributed by atoms with van der Waals surface area (Å²) in [5.41, 5.74) is 3.45. The van der Waals surface area contributed by atoms with Crippen LogP contribution in [-0.2, 0) is 0 Å². The predicted molar refractivity (Wildman–Crippen MR) is 82.6 cm³/mol. The van der Waals surface area contributed by atoms with E-state index in [1.54, 1.807) is 6.07 Å². The number of benzene rings is 2. The summed E-state index contributed by atoms with van der Waals surface area (Å²) in [7, 11) is 0. The van der Waals surface area contributed by atoms with Gasteiger partial charge in [0.2, 0.25) is 0 Å². The first-order chi connectivity index (χ1) is 10.0. The van der Waals surface area contributed by atoms with Crippen molar-refractivity contribution in [2.45, 2.75) is 19.9 Å². The number of nitrogens with one attached hydrogen (secondary N) is 2. The number of imidazole rings is 1. The summed E-state index contributed by atoms with van der Waals surface area (Å²) >= 11 is 0. The van der Waals surface area contributed by atoms with Gasteiger partial charge in [-0.25, -0.2) is 4.98 Å². The van der Waals surface area contributed by atoms with Crippen LogP contribution in [0.5, 0.6) is 11.5 Å². The van der Waals surface area contributed by atoms with Gasteiger partial charge in [-0.2, -0.15) is 0 Å². The highest BCUT2D eigenvalue weighted by Gasteiger charge is 2.12. The molecule has 1 aromatic heterocycles. The predicted octanol–water partition coefficient (Wildman–Crippen LogP) is 3.46. The molecule has 21 heavy (non-hydrogen) atoms. The van der Waals surface area contributed by atoms with E-state index in [1.165, 1.54) is 12.1 Å². The number of fused-ring (bicyclic) bond motifs is 1. The fourth-order valence-corrected chi connectivity index (χ4v) is 2.44. The van der Waals surface area contributed by atoms with Crippen LogP contribution in [0.3, 0.4) is 0 Å². The van der Waals surface area contributed by atoms with Crippen LogP contribution in [0, 0.1) is 6.92 Å². The van der Waals surface area contributed by atoms with Crippen molar-refractivity contribution in [2.24, 2.45) is 0 Å². The molecule has 0 aliphatic rings. The fourth-order valence-electron chi connectivity index (χ4n) is 2.44. The number of rotatable bonds is 3. The first-order valence-corrected chi connectivity index (χ1v) is 6.78. The largest absolute Gasteiger partial charge is 0.508 e. The summed E-state index contributed by atoms with van der Waals surface area (Å²) in [5.74, 6) is 1.17. The third-order valence-corrected chi connectivity index (χ3v) is 3.46. The Bertz CT molecular complexity index is 795. The molecule has 5 heteroatoms. The van der Waals surface area contributed by atoms with E-state index in [-0.39, 0.29) is 17.5 Å². The zero-order valence-corrected chi connectivity index (χ0v) is 11.9. The van der Waals surface area contributed by atoms with Crippen LogP contribution in [-0.4, -0.2) is 20.2 Å². The molecule has 1 atom stereocenters. The Balaban J connectivity index is 1.88. The third kappa shape index (κ3) is 2.63. The molecule has 1 heterocycles. The highest BCUT2D eigenvalue weighted by molar-refractivity contribution is 5.79. The molecule has 0 saturated carbocycles. The van der Waals surface area contributed by atoms with Gasteiger partial charge in [-0.3, -0.25) is 0 Å². The van der Waals surface area contributed by atoms with Crippen molar-refractivity contribution < 1.29 is 10.2 Å². The number of H-pyrrole nitrogens is 1. The lowest BCUT2D eigenvalue weighted by Gasteiger charge is -2.17. The van der Waals surface area contributed by atoms with E-state index >= 15 is 0 Å². The molecule has 1 unspecified atom stereocenters. The number of nitrogens with zero attached hydrogens (tertiary/aromatic N) is 1. The fraction of sp³-hybridized carbons (Fsp3) is 0.188. The first-order valence-electron chi connectivity index (χ1n) is 6.78. The summed E-state index contributed by atoms with van der Waals surface area (Å²) in [6, 6.07) is 10.2. The van der Waals surface area contributed by atoms with Crippen LogP contribution in [0.1, 0.15) is 24.4 Å². The molecule has 0 amide bonds. The topological polar surface area (TPSA) is 81.2 Å². The second-order valence-electron chi connectivity index (χ2n) is 5.16. The standard InChI is InChI=1S/C16H17N3O2/c1-9(13-8-12(20)4-6-16(13)21)17-11-3-5-14-15(7-11)19-10(2)18-14/h3-9,17,20-21H,1-2H3,(H,18,19). The number of phenols is 2. The molecule has 3 rings (SSSR count). The summed E-state index contributed by atoms with van der Waals surface area (Å²) in [6.45, 7) is 3.84. The maximum atomic E-state index is 9.89. The Hall–Kier alpha value is -2.69. The van der Waals surface area contributed by atoms with Gasteiger partial charge in [0.25, 0.3) is 0 Å². The lowest BCUT2D eigenvalue weighted by molar-refractivity contribution is 0.451. The number of phenolic OH excluding ortho intramolecular Hbond substituents is 2. The van der Waals surface area contributed by atoms with Crippen LogP contribution in [0.4, 0.5) is 5.69 Å². The number of aryl methyl sites for hydroxylation is 1. The zero-order valence-electron chi connectivity index (χ0n) is 11.9. The molecular formula is C16H17N3O2. The van der Waals surface area contributed by atoms with Gasteiger partial charge in [0.1, 0.15) is 17.3 Å². The molecule has 0 spiro atoms. The second-order valence-corrected chi connectivity index (χ2v) is 5.16. The first kappa shape index (κ1) is 13.3. The van der Waals surface area contributed by atoms with E-state index in [2.05, 4.69) is 15.3 Å². The van der Waals surface area contributed by atoms with E-state index in [0.717, 1.165) is 22.5 Å². The van der Waals surface area contributed by atoms with Crippen molar-refractivity contribution in [3.05, 3.63) is 47.8 Å². The summed E-state index contributed by atoms with van der Waals surface area (Å²) < 4.78 is 0. The second kappa shape index (κ2) is 5.01. The highest BCUT2D eigenvalue weighted by Crippen LogP contribution is 2.30. The van der Waals surface area contributed by atoms with Gasteiger partial charge < -0.3 is 20.5 Å². The van der Waals surface area contributed by atoms with E-state index in [1.807, 2.05) is 32.0 Å². The smallest absolute Gasteiger partial charge is 0.121 e. The van der Waals surface area contributed by atoms with Crippen molar-refractivity contribution in [3.63, 3.8) is 0 Å². The minimum absolute atomic E-state index is 0.135. The number of aromatic amines is 1. The Morgan fingerprint density at radius 3 is 2.76 bits per heavy atom. The zero-order chi connectivity index (χ0) is 15.0. The Morgan fingerprint density at radius 2 is 1.95 bits per heavy atom. The number of aromatic hydroxyl groups is 2. The monoisotopic (exact) mass is 283 g/mol. The van der Waals surface area contributed by atoms with Crippen molar-refractivity contribution >= 4 is 16.7 Å². The van der Waals surface area contributed by atoms with Gasteiger partial charge in [-0.05, 0) is 50.2 Å². The van der Waals surface area contributed by atoms with E-state index in [0.29, 0.717) is 5.56 Å². The van der Waals surface area contributed by atoms with Gasteiger partial charge in [0.15, 0.2) is 0 Å². The van der Waals surface area contributed by atoms with Crippen molar-refractivity contribution in [1.29, 1.82) is 0 Å². The normalized spacial score (nSPS) is 12.5. The molecule has 4 N–H and O–H groups in total. The third-order valence-electron chi connectivity index (χ3n) is 3.46. The van der Waals surface area contributed by atoms with Crippen LogP contribution in [0.2, 0.25) is 0 Å². The summed E-state index contributed by atoms with van der Waals surface area (Å²) in [4.78, 5) is 7.55. The maximum absolute atomic E-state index is 9.89. The minimum atomic E-state index is -0.140. The van der Waals surface area contributed by atoms with Crippen LogP contribution in [0.25, 0.3) is 11.0 Å². The van der Waals surface area contributed by atoms with Crippen molar-refractivity contribution in [1.82, 2.24) is 9.97 Å². The molecule has 0 aliphatic carbocycles. The van der Waals surface area contributed by atoms with Gasteiger partial charge in [-0.1, -0.05) is 0 Å². The number of anilines is 1. The number of hydrogen-bond donors (Lipinski definition) is 4. The minimum Gasteiger partial charge on any atom is -0.508 e. The Morgan fingerprint density at radius 1 is 1.14 bits per heavy atom. The average Bonchev–Trinajstić information content (AvgIpc) is 2.80. The molecule has 0 fully saturated rings. The molecule has 2 aromatic carbocycles. The summed E-state index contributed by atoms with van der Waals surface area (Å²) in [6.07, 6.45) is 0. The SMILES string of the molecule is Cc1nc2ccc(NC(C)c3cc(O)ccc3O)cc2[nH]1. The lowest BCUT2D eigenvalue weighted by atomic mass is 10.1. The van der Waals surface area contributed by atoms with Gasteiger partial charge in [-0.15, -0.1) is 0 Å². The van der Waals surface area contributed by atoms with Gasteiger partial charge >= 0.3 is 0 Å². The molecule has 3 aromatic rings. The van der Waals surface area contributed by atoms with E-state index in [9.17, 15) is 10.2 Å². The summed E-state index contributed by atoms with van der Waals surface area (Å²) in [5, 5.41) is 22.7. The molecule has 108 valence electrons. The highest BCUT2D eigenvalue weighted by atomic mass is 16.3. The quantitative estimate of drug-likeness (QED) is 0.555. The van der Waals surface area contributed by atoms with Crippen molar-refractivity contribution in [2.75, 3.05) is 5.32 Å². The Labute approximate surface area is 122 Å². The van der Waals surface area contributed by atoms with E-state index in [4.69, 9.17) is 0 Å². The Kier molecular flexibility index (Phi) is 3.17. The van der Waals surface area contributed by atoms with Crippen LogP contribution in [0.15, 0.2) is 36.4 Å². The molecule has 0 saturated heterocycles. The van der Waals surface area contributed by atoms with Gasteiger partial charge in [0, 0.05) is 11.3 Å². The maximum Gasteiger partial charge on any atom is 0.121 e. The number of hydrogen-bond acceptors (Lipinski definition) is 4. The molecule has 0 aliphatic heterocycles. The number of aromatic nitrogens is 2. The van der Waals surface area contributed by atoms with Crippen LogP contribution < -0.4 is 5.32 Å². The van der Waals surface area contributed by atoms with E-state index < -0.39 is 0 Å². The average molecular weight is 283 g/mol. The van der Waals surface area contributed by atoms with Crippen LogP contribution >= 0.6 is 0 Å². The molecule has 0 radical (unpaired) electrons. The molecule has 0 bridgehead atoms. The lowest BCUT2D eigenvalue weighted by Crippen LogP contribution is -2.06. The van der Waals surface area contributed by atoms with Crippen molar-refractivity contribution in [3.8, 4) is 11.5 Å². The molecular weight excluding hydrogens is 266 g/mol. The molecule has 5 nitrogen and oxygen atoms in total. The van der Waals surface area contributed by atoms with Gasteiger partial charge in [0.05, 0.1) is 17.1 Å².